The molecule has 0 aliphatic heterocycles. The number of hydrogen-bond donors (Lipinski definition) is 3. The Hall–Kier alpha value is -3.66. The zero-order valence-corrected chi connectivity index (χ0v) is 17.2. The highest BCUT2D eigenvalue weighted by molar-refractivity contribution is 5.80. The molecule has 30 heavy (non-hydrogen) atoms. The van der Waals surface area contributed by atoms with Gasteiger partial charge in [-0.2, -0.15) is 5.10 Å². The number of nitrogens with zero attached hydrogens (tertiary/aromatic N) is 4. The first-order valence-electron chi connectivity index (χ1n) is 9.29. The summed E-state index contributed by atoms with van der Waals surface area (Å²) in [5, 5.41) is 20.0. The van der Waals surface area contributed by atoms with E-state index >= 15 is 0 Å². The summed E-state index contributed by atoms with van der Waals surface area (Å²) in [4.78, 5) is 28.4. The van der Waals surface area contributed by atoms with Crippen LogP contribution in [0.5, 0.6) is 0 Å². The highest BCUT2D eigenvalue weighted by Crippen LogP contribution is 2.20. The highest BCUT2D eigenvalue weighted by atomic mass is 16.3. The lowest BCUT2D eigenvalue weighted by Gasteiger charge is -2.10. The van der Waals surface area contributed by atoms with E-state index in [0.29, 0.717) is 35.1 Å². The Morgan fingerprint density at radius 2 is 2.17 bits per heavy atom. The molecule has 1 atom stereocenters. The van der Waals surface area contributed by atoms with Gasteiger partial charge in [-0.3, -0.25) is 19.0 Å². The van der Waals surface area contributed by atoms with Crippen molar-refractivity contribution in [3.8, 4) is 11.5 Å². The van der Waals surface area contributed by atoms with Crippen molar-refractivity contribution in [2.45, 2.75) is 26.5 Å². The monoisotopic (exact) mass is 412 g/mol. The summed E-state index contributed by atoms with van der Waals surface area (Å²) in [7, 11) is 3.00. The average molecular weight is 412 g/mol. The summed E-state index contributed by atoms with van der Waals surface area (Å²) in [5.41, 5.74) is 1.04. The number of aromatic nitrogens is 4. The van der Waals surface area contributed by atoms with Crippen LogP contribution in [0.2, 0.25) is 0 Å². The molecule has 0 aromatic carbocycles. The molecule has 0 bridgehead atoms. The van der Waals surface area contributed by atoms with Gasteiger partial charge >= 0.3 is 5.69 Å². The molecule has 0 amide bonds. The summed E-state index contributed by atoms with van der Waals surface area (Å²) in [5.74, 6) is 1.44. The van der Waals surface area contributed by atoms with E-state index in [-0.39, 0.29) is 5.56 Å². The van der Waals surface area contributed by atoms with E-state index in [9.17, 15) is 14.7 Å². The molecule has 3 aromatic heterocycles. The Kier molecular flexibility index (Phi) is 6.17. The zero-order valence-electron chi connectivity index (χ0n) is 17.2. The zero-order chi connectivity index (χ0) is 21.8. The molecular formula is C20H24N6O4. The third-order valence-electron chi connectivity index (χ3n) is 4.58. The van der Waals surface area contributed by atoms with E-state index in [0.717, 1.165) is 10.1 Å². The van der Waals surface area contributed by atoms with Gasteiger partial charge in [0.1, 0.15) is 23.6 Å². The topological polar surface area (TPSA) is 130 Å². The number of furan rings is 1. The van der Waals surface area contributed by atoms with Gasteiger partial charge in [0.2, 0.25) is 0 Å². The molecule has 3 N–H and O–H groups in total. The number of nitrogens with one attached hydrogen (secondary N) is 2. The summed E-state index contributed by atoms with van der Waals surface area (Å²) < 4.78 is 7.66. The molecule has 0 radical (unpaired) electrons. The maximum Gasteiger partial charge on any atom is 0.332 e. The minimum Gasteiger partial charge on any atom is -0.463 e. The van der Waals surface area contributed by atoms with Gasteiger partial charge in [-0.1, -0.05) is 6.08 Å². The highest BCUT2D eigenvalue weighted by Gasteiger charge is 2.11. The summed E-state index contributed by atoms with van der Waals surface area (Å²) in [6.07, 6.45) is 4.35. The number of aromatic amines is 1. The van der Waals surface area contributed by atoms with E-state index in [2.05, 4.69) is 20.5 Å². The van der Waals surface area contributed by atoms with Gasteiger partial charge in [-0.25, -0.2) is 9.79 Å². The minimum atomic E-state index is -0.865. The van der Waals surface area contributed by atoms with Crippen LogP contribution in [0.4, 0.5) is 11.6 Å². The molecule has 0 aliphatic carbocycles. The SMILES string of the molecule is C/C(C=Nc1c(C)c(=O)n(C)c(=O)n1C)=C/CC(O)Nc1cc(-c2ccco2)[nH]n1. The Labute approximate surface area is 172 Å². The molecule has 0 saturated heterocycles. The normalized spacial score (nSPS) is 13.2. The molecule has 3 heterocycles. The predicted molar refractivity (Wildman–Crippen MR) is 114 cm³/mol. The molecule has 3 aromatic rings. The van der Waals surface area contributed by atoms with Crippen LogP contribution < -0.4 is 16.6 Å². The molecule has 158 valence electrons. The fourth-order valence-corrected chi connectivity index (χ4v) is 2.88. The number of rotatable bonds is 7. The molecule has 1 unspecified atom stereocenters. The molecule has 0 aliphatic rings. The maximum atomic E-state index is 12.1. The molecular weight excluding hydrogens is 388 g/mol. The van der Waals surface area contributed by atoms with Crippen LogP contribution >= 0.6 is 0 Å². The van der Waals surface area contributed by atoms with Crippen LogP contribution in [-0.4, -0.2) is 36.9 Å². The van der Waals surface area contributed by atoms with Crippen molar-refractivity contribution in [3.05, 3.63) is 62.5 Å². The number of hydrogen-bond acceptors (Lipinski definition) is 7. The van der Waals surface area contributed by atoms with Gasteiger partial charge in [0, 0.05) is 32.8 Å². The largest absolute Gasteiger partial charge is 0.463 e. The van der Waals surface area contributed by atoms with Gasteiger partial charge in [0.05, 0.1) is 11.8 Å². The van der Waals surface area contributed by atoms with Crippen molar-refractivity contribution in [1.29, 1.82) is 0 Å². The van der Waals surface area contributed by atoms with E-state index in [1.165, 1.54) is 11.6 Å². The third kappa shape index (κ3) is 4.49. The Morgan fingerprint density at radius 3 is 2.87 bits per heavy atom. The molecule has 10 nitrogen and oxygen atoms in total. The number of aliphatic imine (C=N–C) groups is 1. The standard InChI is InChI=1S/C20H24N6O4/c1-12(11-21-18-13(2)19(28)26(4)20(29)25(18)3)7-8-17(27)22-16-10-14(23-24-16)15-6-5-9-30-15/h5-7,9-11,17,27H,8H2,1-4H3,(H2,22,23,24)/b12-7-,21-11?. The number of anilines is 1. The van der Waals surface area contributed by atoms with Crippen molar-refractivity contribution in [2.24, 2.45) is 19.1 Å². The summed E-state index contributed by atoms with van der Waals surface area (Å²) in [6, 6.07) is 5.32. The number of allylic oxidation sites excluding steroid dienone is 1. The quantitative estimate of drug-likeness (QED) is 0.401. The van der Waals surface area contributed by atoms with Crippen LogP contribution in [0.25, 0.3) is 11.5 Å². The lowest BCUT2D eigenvalue weighted by Crippen LogP contribution is -2.38. The molecule has 0 fully saturated rings. The van der Waals surface area contributed by atoms with Gasteiger partial charge in [-0.15, -0.1) is 0 Å². The lowest BCUT2D eigenvalue weighted by molar-refractivity contribution is 0.206. The minimum absolute atomic E-state index is 0.301. The molecule has 0 spiro atoms. The average Bonchev–Trinajstić information content (AvgIpc) is 3.41. The van der Waals surface area contributed by atoms with E-state index in [1.54, 1.807) is 50.7 Å². The number of aliphatic hydroxyl groups is 1. The van der Waals surface area contributed by atoms with Crippen molar-refractivity contribution in [3.63, 3.8) is 0 Å². The Morgan fingerprint density at radius 1 is 1.40 bits per heavy atom. The predicted octanol–water partition coefficient (Wildman–Crippen LogP) is 1.84. The van der Waals surface area contributed by atoms with Crippen LogP contribution in [0.15, 0.2) is 55.1 Å². The first-order valence-corrected chi connectivity index (χ1v) is 9.29. The Balaban J connectivity index is 1.64. The molecule has 10 heteroatoms. The maximum absolute atomic E-state index is 12.1. The molecule has 3 rings (SSSR count). The fourth-order valence-electron chi connectivity index (χ4n) is 2.88. The second-order valence-electron chi connectivity index (χ2n) is 6.90. The number of aliphatic hydroxyl groups excluding tert-OH is 1. The van der Waals surface area contributed by atoms with Crippen molar-refractivity contribution in [2.75, 3.05) is 5.32 Å². The van der Waals surface area contributed by atoms with Crippen molar-refractivity contribution >= 4 is 17.9 Å². The van der Waals surface area contributed by atoms with E-state index in [4.69, 9.17) is 4.42 Å². The van der Waals surface area contributed by atoms with Gasteiger partial charge < -0.3 is 14.8 Å². The van der Waals surface area contributed by atoms with E-state index in [1.807, 2.05) is 6.92 Å². The fraction of sp³-hybridized carbons (Fsp3) is 0.300. The smallest absolute Gasteiger partial charge is 0.332 e. The third-order valence-corrected chi connectivity index (χ3v) is 4.58. The molecule has 0 saturated carbocycles. The van der Waals surface area contributed by atoms with Gasteiger partial charge in [0.15, 0.2) is 5.76 Å². The second-order valence-corrected chi connectivity index (χ2v) is 6.90. The number of H-pyrrole nitrogens is 1. The first-order chi connectivity index (χ1) is 14.3. The first kappa shape index (κ1) is 21.1. The lowest BCUT2D eigenvalue weighted by atomic mass is 10.2. The van der Waals surface area contributed by atoms with Crippen molar-refractivity contribution in [1.82, 2.24) is 19.3 Å². The van der Waals surface area contributed by atoms with Gasteiger partial charge in [-0.05, 0) is 31.6 Å². The second kappa shape index (κ2) is 8.78. The van der Waals surface area contributed by atoms with E-state index < -0.39 is 11.9 Å². The van der Waals surface area contributed by atoms with Crippen LogP contribution in [0.3, 0.4) is 0 Å². The van der Waals surface area contributed by atoms with Crippen LogP contribution in [0.1, 0.15) is 18.9 Å². The van der Waals surface area contributed by atoms with Crippen molar-refractivity contribution < 1.29 is 9.52 Å². The van der Waals surface area contributed by atoms with Crippen LogP contribution in [-0.2, 0) is 14.1 Å². The summed E-state index contributed by atoms with van der Waals surface area (Å²) in [6.45, 7) is 3.44. The van der Waals surface area contributed by atoms with Crippen LogP contribution in [0, 0.1) is 6.92 Å². The van der Waals surface area contributed by atoms with Gasteiger partial charge in [0.25, 0.3) is 5.56 Å². The summed E-state index contributed by atoms with van der Waals surface area (Å²) >= 11 is 0. The Bertz CT molecular complexity index is 1160.